The molecule has 132 valence electrons. The predicted molar refractivity (Wildman–Crippen MR) is 91.2 cm³/mol. The summed E-state index contributed by atoms with van der Waals surface area (Å²) in [5.74, 6) is -0.596. The van der Waals surface area contributed by atoms with Crippen molar-refractivity contribution in [3.8, 4) is 11.4 Å². The lowest BCUT2D eigenvalue weighted by Gasteiger charge is -2.30. The van der Waals surface area contributed by atoms with Gasteiger partial charge >= 0.3 is 5.97 Å². The molecular weight excluding hydrogens is 322 g/mol. The summed E-state index contributed by atoms with van der Waals surface area (Å²) in [5, 5.41) is 13.9. The summed E-state index contributed by atoms with van der Waals surface area (Å²) in [6.07, 6.45) is 1.12. The average molecular weight is 343 g/mol. The summed E-state index contributed by atoms with van der Waals surface area (Å²) >= 11 is 0. The Morgan fingerprint density at radius 2 is 1.96 bits per heavy atom. The molecule has 1 aliphatic heterocycles. The predicted octanol–water partition coefficient (Wildman–Crippen LogP) is 2.27. The largest absolute Gasteiger partial charge is 0.497 e. The molecule has 0 bridgehead atoms. The van der Waals surface area contributed by atoms with Crippen LogP contribution in [-0.4, -0.2) is 50.9 Å². The molecule has 0 saturated carbocycles. The second-order valence-corrected chi connectivity index (χ2v) is 6.42. The number of likely N-dealkylation sites (tertiary alicyclic amines) is 1. The zero-order valence-corrected chi connectivity index (χ0v) is 14.5. The molecule has 1 aromatic carbocycles. The minimum absolute atomic E-state index is 0.252. The van der Waals surface area contributed by atoms with Gasteiger partial charge in [-0.25, -0.2) is 9.48 Å². The van der Waals surface area contributed by atoms with E-state index < -0.39 is 11.5 Å². The van der Waals surface area contributed by atoms with Crippen LogP contribution in [0.2, 0.25) is 0 Å². The molecule has 1 unspecified atom stereocenters. The highest BCUT2D eigenvalue weighted by atomic mass is 16.5. The van der Waals surface area contributed by atoms with E-state index in [9.17, 15) is 14.7 Å². The number of nitrogens with zero attached hydrogens (tertiary/aromatic N) is 3. The van der Waals surface area contributed by atoms with E-state index in [0.29, 0.717) is 19.4 Å². The van der Waals surface area contributed by atoms with E-state index >= 15 is 0 Å². The molecule has 25 heavy (non-hydrogen) atoms. The van der Waals surface area contributed by atoms with Gasteiger partial charge in [-0.3, -0.25) is 4.79 Å². The highest BCUT2D eigenvalue weighted by Gasteiger charge is 2.46. The second-order valence-electron chi connectivity index (χ2n) is 6.42. The van der Waals surface area contributed by atoms with E-state index in [1.807, 2.05) is 31.2 Å². The van der Waals surface area contributed by atoms with E-state index in [2.05, 4.69) is 5.10 Å². The molecule has 1 N–H and O–H groups in total. The van der Waals surface area contributed by atoms with Crippen molar-refractivity contribution in [2.24, 2.45) is 0 Å². The number of methoxy groups -OCH3 is 1. The fraction of sp³-hybridized carbons (Fsp3) is 0.389. The molecule has 3 rings (SSSR count). The van der Waals surface area contributed by atoms with Crippen molar-refractivity contribution in [1.82, 2.24) is 14.7 Å². The van der Waals surface area contributed by atoms with Crippen molar-refractivity contribution < 1.29 is 19.4 Å². The minimum Gasteiger partial charge on any atom is -0.497 e. The molecule has 1 amide bonds. The monoisotopic (exact) mass is 343 g/mol. The van der Waals surface area contributed by atoms with Gasteiger partial charge in [0.15, 0.2) is 5.69 Å². The number of amides is 1. The third-order valence-electron chi connectivity index (χ3n) is 4.77. The molecule has 0 spiro atoms. The van der Waals surface area contributed by atoms with Crippen LogP contribution in [0.1, 0.15) is 35.9 Å². The summed E-state index contributed by atoms with van der Waals surface area (Å²) < 4.78 is 6.81. The van der Waals surface area contributed by atoms with Gasteiger partial charge in [-0.15, -0.1) is 0 Å². The zero-order chi connectivity index (χ0) is 18.2. The highest BCUT2D eigenvalue weighted by Crippen LogP contribution is 2.31. The third kappa shape index (κ3) is 2.86. The first-order chi connectivity index (χ1) is 11.9. The smallest absolute Gasteiger partial charge is 0.329 e. The van der Waals surface area contributed by atoms with Crippen LogP contribution in [0.5, 0.6) is 5.75 Å². The van der Waals surface area contributed by atoms with E-state index in [1.165, 1.54) is 4.90 Å². The van der Waals surface area contributed by atoms with E-state index in [4.69, 9.17) is 4.74 Å². The number of carbonyl (C=O) groups is 2. The lowest BCUT2D eigenvalue weighted by Crippen LogP contribution is -2.50. The average Bonchev–Trinajstić information content (AvgIpc) is 3.18. The lowest BCUT2D eigenvalue weighted by atomic mass is 9.99. The van der Waals surface area contributed by atoms with Crippen LogP contribution in [-0.2, 0) is 4.79 Å². The standard InChI is InChI=1S/C18H21N3O4/c1-12-11-15(16(22)20-10-4-9-18(20,2)17(23)24)19-21(12)13-5-7-14(25-3)8-6-13/h5-8,11H,4,9-10H2,1-3H3,(H,23,24). The molecular formula is C18H21N3O4. The summed E-state index contributed by atoms with van der Waals surface area (Å²) in [6, 6.07) is 9.03. The van der Waals surface area contributed by atoms with Gasteiger partial charge in [0, 0.05) is 12.2 Å². The van der Waals surface area contributed by atoms with Crippen LogP contribution in [0.15, 0.2) is 30.3 Å². The number of carbonyl (C=O) groups excluding carboxylic acids is 1. The van der Waals surface area contributed by atoms with Crippen LogP contribution in [0.25, 0.3) is 5.69 Å². The summed E-state index contributed by atoms with van der Waals surface area (Å²) in [4.78, 5) is 25.8. The van der Waals surface area contributed by atoms with Crippen LogP contribution in [0, 0.1) is 6.92 Å². The molecule has 7 nitrogen and oxygen atoms in total. The van der Waals surface area contributed by atoms with Gasteiger partial charge in [0.2, 0.25) is 0 Å². The topological polar surface area (TPSA) is 84.7 Å². The molecule has 2 aromatic rings. The molecule has 7 heteroatoms. The maximum absolute atomic E-state index is 12.8. The minimum atomic E-state index is -1.17. The molecule has 1 fully saturated rings. The first-order valence-corrected chi connectivity index (χ1v) is 8.13. The zero-order valence-electron chi connectivity index (χ0n) is 14.5. The Kier molecular flexibility index (Phi) is 4.24. The van der Waals surface area contributed by atoms with Crippen LogP contribution < -0.4 is 4.74 Å². The molecule has 1 aliphatic rings. The number of rotatable bonds is 4. The quantitative estimate of drug-likeness (QED) is 0.920. The summed E-state index contributed by atoms with van der Waals surface area (Å²) in [5.41, 5.74) is 0.682. The van der Waals surface area contributed by atoms with Crippen LogP contribution >= 0.6 is 0 Å². The number of aliphatic carboxylic acids is 1. The van der Waals surface area contributed by atoms with Gasteiger partial charge < -0.3 is 14.7 Å². The van der Waals surface area contributed by atoms with Crippen molar-refractivity contribution in [2.45, 2.75) is 32.2 Å². The number of carboxylic acids is 1. The Hall–Kier alpha value is -2.83. The summed E-state index contributed by atoms with van der Waals surface area (Å²) in [7, 11) is 1.60. The van der Waals surface area contributed by atoms with Gasteiger partial charge in [0.25, 0.3) is 5.91 Å². The molecule has 1 aromatic heterocycles. The normalized spacial score (nSPS) is 19.9. The lowest BCUT2D eigenvalue weighted by molar-refractivity contribution is -0.147. The Morgan fingerprint density at radius 3 is 2.56 bits per heavy atom. The maximum Gasteiger partial charge on any atom is 0.329 e. The Morgan fingerprint density at radius 1 is 1.28 bits per heavy atom. The number of hydrogen-bond acceptors (Lipinski definition) is 4. The van der Waals surface area contributed by atoms with Crippen LogP contribution in [0.3, 0.4) is 0 Å². The Bertz CT molecular complexity index is 812. The van der Waals surface area contributed by atoms with Crippen molar-refractivity contribution in [1.29, 1.82) is 0 Å². The number of hydrogen-bond donors (Lipinski definition) is 1. The van der Waals surface area contributed by atoms with Crippen LogP contribution in [0.4, 0.5) is 0 Å². The number of benzene rings is 1. The van der Waals surface area contributed by atoms with Crippen molar-refractivity contribution in [3.05, 3.63) is 41.7 Å². The van der Waals surface area contributed by atoms with Crippen molar-refractivity contribution in [3.63, 3.8) is 0 Å². The fourth-order valence-electron chi connectivity index (χ4n) is 3.21. The first kappa shape index (κ1) is 17.0. The van der Waals surface area contributed by atoms with E-state index in [1.54, 1.807) is 24.8 Å². The Balaban J connectivity index is 1.91. The van der Waals surface area contributed by atoms with Gasteiger partial charge in [0.05, 0.1) is 12.8 Å². The number of aromatic nitrogens is 2. The van der Waals surface area contributed by atoms with Crippen molar-refractivity contribution >= 4 is 11.9 Å². The number of carboxylic acid groups (broad SMARTS) is 1. The molecule has 0 radical (unpaired) electrons. The van der Waals surface area contributed by atoms with Gasteiger partial charge in [-0.2, -0.15) is 5.10 Å². The van der Waals surface area contributed by atoms with Gasteiger partial charge in [-0.1, -0.05) is 0 Å². The van der Waals surface area contributed by atoms with Gasteiger partial charge in [-0.05, 0) is 57.0 Å². The SMILES string of the molecule is COc1ccc(-n2nc(C(=O)N3CCCC3(C)C(=O)O)cc2C)cc1. The summed E-state index contributed by atoms with van der Waals surface area (Å²) in [6.45, 7) is 3.87. The Labute approximate surface area is 145 Å². The van der Waals surface area contributed by atoms with Gasteiger partial charge in [0.1, 0.15) is 11.3 Å². The molecule has 0 aliphatic carbocycles. The molecule has 2 heterocycles. The number of ether oxygens (including phenoxy) is 1. The fourth-order valence-corrected chi connectivity index (χ4v) is 3.21. The molecule has 1 saturated heterocycles. The van der Waals surface area contributed by atoms with Crippen molar-refractivity contribution in [2.75, 3.05) is 13.7 Å². The van der Waals surface area contributed by atoms with E-state index in [0.717, 1.165) is 17.1 Å². The second kappa shape index (κ2) is 6.23. The van der Waals surface area contributed by atoms with E-state index in [-0.39, 0.29) is 11.6 Å². The number of aryl methyl sites for hydroxylation is 1. The first-order valence-electron chi connectivity index (χ1n) is 8.13. The molecule has 1 atom stereocenters. The third-order valence-corrected chi connectivity index (χ3v) is 4.77. The maximum atomic E-state index is 12.8. The highest BCUT2D eigenvalue weighted by molar-refractivity contribution is 5.96.